The molecule has 10 nitrogen and oxygen atoms in total. The molecular formula is C25H23FN6O4S2. The molecule has 7 N–H and O–H groups in total. The van der Waals surface area contributed by atoms with Crippen molar-refractivity contribution in [1.82, 2.24) is 10.3 Å². The summed E-state index contributed by atoms with van der Waals surface area (Å²) in [5, 5.41) is 10.6. The Labute approximate surface area is 223 Å². The highest BCUT2D eigenvalue weighted by Crippen LogP contribution is 2.38. The van der Waals surface area contributed by atoms with Crippen LogP contribution < -0.4 is 27.4 Å². The highest BCUT2D eigenvalue weighted by molar-refractivity contribution is 7.67. The number of nitrogens with zero attached hydrogens (tertiary/aromatic N) is 1. The average molecular weight is 555 g/mol. The monoisotopic (exact) mass is 554 g/mol. The van der Waals surface area contributed by atoms with Crippen molar-refractivity contribution in [2.45, 2.75) is 6.54 Å². The number of fused-ring (bicyclic) bond motifs is 1. The molecule has 2 amide bonds. The van der Waals surface area contributed by atoms with Crippen LogP contribution in [-0.2, 0) is 21.7 Å². The van der Waals surface area contributed by atoms with Gasteiger partial charge in [-0.05, 0) is 40.8 Å². The van der Waals surface area contributed by atoms with E-state index in [0.717, 1.165) is 21.2 Å². The van der Waals surface area contributed by atoms with Gasteiger partial charge in [0.05, 0.1) is 22.5 Å². The smallest absolute Gasteiger partial charge is 0.323 e. The number of thiophene rings is 1. The summed E-state index contributed by atoms with van der Waals surface area (Å²) in [6, 6.07) is 10.8. The first-order chi connectivity index (χ1) is 18.4. The molecule has 0 aliphatic rings. The number of halogens is 1. The molecule has 2 heterocycles. The van der Waals surface area contributed by atoms with Gasteiger partial charge in [-0.3, -0.25) is 9.50 Å². The molecule has 38 heavy (non-hydrogen) atoms. The third kappa shape index (κ3) is 6.62. The van der Waals surface area contributed by atoms with Crippen molar-refractivity contribution < 1.29 is 21.8 Å². The summed E-state index contributed by atoms with van der Waals surface area (Å²) >= 11 is 1.47. The molecule has 0 aliphatic heterocycles. The largest absolute Gasteiger partial charge is 0.383 e. The Hall–Kier alpha value is -4.06. The first-order valence-corrected chi connectivity index (χ1v) is 13.1. The molecule has 0 saturated carbocycles. The first-order valence-electron chi connectivity index (χ1n) is 11.1. The molecule has 13 heteroatoms. The van der Waals surface area contributed by atoms with Gasteiger partial charge in [-0.25, -0.2) is 22.6 Å². The Balaban J connectivity index is 1.47. The van der Waals surface area contributed by atoms with Gasteiger partial charge in [0.2, 0.25) is 0 Å². The van der Waals surface area contributed by atoms with Crippen LogP contribution in [0, 0.1) is 17.7 Å². The predicted octanol–water partition coefficient (Wildman–Crippen LogP) is 3.23. The third-order valence-corrected chi connectivity index (χ3v) is 6.65. The van der Waals surface area contributed by atoms with Gasteiger partial charge in [0.25, 0.3) is 11.0 Å². The van der Waals surface area contributed by atoms with Crippen molar-refractivity contribution in [3.05, 3.63) is 71.0 Å². The third-order valence-electron chi connectivity index (χ3n) is 5.30. The van der Waals surface area contributed by atoms with E-state index < -0.39 is 22.8 Å². The topological polar surface area (TPSA) is 161 Å². The van der Waals surface area contributed by atoms with Crippen LogP contribution in [0.15, 0.2) is 54.0 Å². The number of hydrogen-bond donors (Lipinski definition) is 6. The number of aromatic nitrogens is 1. The number of pyridine rings is 1. The lowest BCUT2D eigenvalue weighted by atomic mass is 10.0. The molecule has 0 aliphatic carbocycles. The Kier molecular flexibility index (Phi) is 8.85. The molecule has 0 saturated heterocycles. The lowest BCUT2D eigenvalue weighted by molar-refractivity contribution is 0.262. The van der Waals surface area contributed by atoms with Crippen LogP contribution in [0.3, 0.4) is 0 Å². The van der Waals surface area contributed by atoms with Crippen molar-refractivity contribution in [2.75, 3.05) is 29.6 Å². The van der Waals surface area contributed by atoms with E-state index in [4.69, 9.17) is 11.5 Å². The fourth-order valence-electron chi connectivity index (χ4n) is 3.53. The van der Waals surface area contributed by atoms with E-state index in [2.05, 4.69) is 37.0 Å². The number of carbonyl (C=O) groups excluding carboxylic acids is 1. The number of nitrogens with two attached hydrogens (primary N) is 2. The summed E-state index contributed by atoms with van der Waals surface area (Å²) in [5.41, 5.74) is 15.4. The summed E-state index contributed by atoms with van der Waals surface area (Å²) in [7, 11) is -2.91. The van der Waals surface area contributed by atoms with Crippen molar-refractivity contribution >= 4 is 55.6 Å². The average Bonchev–Trinajstić information content (AvgIpc) is 3.35. The van der Waals surface area contributed by atoms with Gasteiger partial charge < -0.3 is 22.1 Å². The zero-order valence-corrected chi connectivity index (χ0v) is 21.5. The van der Waals surface area contributed by atoms with Crippen molar-refractivity contribution in [2.24, 2.45) is 5.73 Å². The second-order valence-corrected chi connectivity index (χ2v) is 9.40. The summed E-state index contributed by atoms with van der Waals surface area (Å²) in [6.07, 6.45) is 1.59. The first kappa shape index (κ1) is 27.0. The Bertz CT molecular complexity index is 1600. The number of nitrogens with one attached hydrogen (secondary N) is 3. The van der Waals surface area contributed by atoms with E-state index in [1.807, 2.05) is 17.5 Å². The summed E-state index contributed by atoms with van der Waals surface area (Å²) in [4.78, 5) is 16.7. The van der Waals surface area contributed by atoms with Crippen LogP contribution in [0.2, 0.25) is 0 Å². The van der Waals surface area contributed by atoms with E-state index in [-0.39, 0.29) is 25.5 Å². The number of amides is 2. The number of carbonyl (C=O) groups is 1. The Morgan fingerprint density at radius 2 is 1.95 bits per heavy atom. The fourth-order valence-corrected chi connectivity index (χ4v) is 4.78. The van der Waals surface area contributed by atoms with Crippen LogP contribution in [0.5, 0.6) is 0 Å². The van der Waals surface area contributed by atoms with Crippen LogP contribution in [0.25, 0.3) is 21.2 Å². The second kappa shape index (κ2) is 12.5. The number of urea groups is 1. The highest BCUT2D eigenvalue weighted by Gasteiger charge is 2.14. The predicted molar refractivity (Wildman–Crippen MR) is 148 cm³/mol. The van der Waals surface area contributed by atoms with E-state index in [1.54, 1.807) is 24.4 Å². The highest BCUT2D eigenvalue weighted by atomic mass is 32.2. The van der Waals surface area contributed by atoms with Gasteiger partial charge >= 0.3 is 6.03 Å². The zero-order valence-electron chi connectivity index (χ0n) is 19.8. The summed E-state index contributed by atoms with van der Waals surface area (Å²) in [6.45, 7) is 0.293. The molecule has 0 radical (unpaired) electrons. The molecule has 0 atom stereocenters. The van der Waals surface area contributed by atoms with Crippen LogP contribution in [0.1, 0.15) is 11.1 Å². The van der Waals surface area contributed by atoms with Gasteiger partial charge in [-0.15, -0.1) is 11.3 Å². The van der Waals surface area contributed by atoms with Crippen LogP contribution >= 0.6 is 11.3 Å². The van der Waals surface area contributed by atoms with E-state index >= 15 is 0 Å². The molecule has 2 aromatic heterocycles. The number of thiol groups is 1. The standard InChI is InChI=1S/C25H23FN6O4S2/c26-20-8-3-15(11-27)10-21(20)32-25(33)31-18-6-4-16(5-7-18)19-13-37-23-17(12-30-24(28)22(19)23)2-1-9-29-14-36-38(34)35/h3-8,10,12-13,29,38H,9,11,14,27H2,(H2,28,30)(H2,31,32,33). The SMILES string of the molecule is NCc1ccc(F)c(NC(=O)Nc2ccc(-c3csc4c(C#CCNCO[SH](=O)=O)cnc(N)c34)cc2)c1. The minimum atomic E-state index is -2.91. The number of hydrogen-bond acceptors (Lipinski definition) is 9. The molecule has 2 aromatic carbocycles. The van der Waals surface area contributed by atoms with Crippen molar-refractivity contribution in [3.63, 3.8) is 0 Å². The number of rotatable bonds is 8. The van der Waals surface area contributed by atoms with E-state index in [0.29, 0.717) is 22.6 Å². The molecule has 0 bridgehead atoms. The maximum Gasteiger partial charge on any atom is 0.323 e. The maximum absolute atomic E-state index is 14.0. The maximum atomic E-state index is 14.0. The zero-order chi connectivity index (χ0) is 27.1. The van der Waals surface area contributed by atoms with Gasteiger partial charge in [-0.2, -0.15) is 0 Å². The molecule has 0 spiro atoms. The Morgan fingerprint density at radius 1 is 1.16 bits per heavy atom. The van der Waals surface area contributed by atoms with Gasteiger partial charge in [0.15, 0.2) is 0 Å². The second-order valence-electron chi connectivity index (χ2n) is 7.81. The normalized spacial score (nSPS) is 10.8. The molecule has 0 fully saturated rings. The summed E-state index contributed by atoms with van der Waals surface area (Å²) < 4.78 is 40.1. The van der Waals surface area contributed by atoms with Gasteiger partial charge in [-0.1, -0.05) is 30.0 Å². The molecule has 196 valence electrons. The van der Waals surface area contributed by atoms with E-state index in [9.17, 15) is 17.6 Å². The lowest BCUT2D eigenvalue weighted by Gasteiger charge is -2.10. The lowest BCUT2D eigenvalue weighted by Crippen LogP contribution is -2.20. The number of nitrogen functional groups attached to an aromatic ring is 1. The van der Waals surface area contributed by atoms with Gasteiger partial charge in [0.1, 0.15) is 18.4 Å². The quantitative estimate of drug-likeness (QED) is 0.0837. The fraction of sp³-hybridized carbons (Fsp3) is 0.120. The molecule has 4 rings (SSSR count). The van der Waals surface area contributed by atoms with E-state index in [1.165, 1.54) is 23.5 Å². The van der Waals surface area contributed by atoms with Crippen LogP contribution in [0.4, 0.5) is 26.4 Å². The molecule has 4 aromatic rings. The van der Waals surface area contributed by atoms with Crippen LogP contribution in [-0.4, -0.2) is 32.7 Å². The minimum absolute atomic E-state index is 0.0390. The van der Waals surface area contributed by atoms with Crippen molar-refractivity contribution in [1.29, 1.82) is 0 Å². The Morgan fingerprint density at radius 3 is 2.68 bits per heavy atom. The molecule has 0 unspecified atom stereocenters. The molecular weight excluding hydrogens is 531 g/mol. The van der Waals surface area contributed by atoms with Gasteiger partial charge in [0, 0.05) is 29.4 Å². The summed E-state index contributed by atoms with van der Waals surface area (Å²) in [5.74, 6) is 5.71. The minimum Gasteiger partial charge on any atom is -0.383 e. The van der Waals surface area contributed by atoms with Crippen molar-refractivity contribution in [3.8, 4) is 23.0 Å². The number of anilines is 3. The number of benzene rings is 2.